The van der Waals surface area contributed by atoms with Gasteiger partial charge in [-0.15, -0.1) is 0 Å². The molecule has 0 aromatic heterocycles. The summed E-state index contributed by atoms with van der Waals surface area (Å²) in [7, 11) is 0. The zero-order valence-corrected chi connectivity index (χ0v) is 9.93. The highest BCUT2D eigenvalue weighted by Gasteiger charge is 2.27. The molecule has 1 aliphatic rings. The summed E-state index contributed by atoms with van der Waals surface area (Å²) in [6.45, 7) is 3.31. The smallest absolute Gasteiger partial charge is 0.0438 e. The van der Waals surface area contributed by atoms with E-state index >= 15 is 0 Å². The first kappa shape index (κ1) is 11.0. The molecule has 0 radical (unpaired) electrons. The standard InChI is InChI=1S/C13H18ClN/c1-10(11-6-7-11)15-9-8-12-4-2-3-5-13(12)14/h2-5,10-11,15H,6-9H2,1H3. The number of rotatable bonds is 5. The summed E-state index contributed by atoms with van der Waals surface area (Å²) in [5.41, 5.74) is 1.25. The third-order valence-corrected chi connectivity index (χ3v) is 3.52. The van der Waals surface area contributed by atoms with Gasteiger partial charge in [-0.3, -0.25) is 0 Å². The van der Waals surface area contributed by atoms with Gasteiger partial charge in [0, 0.05) is 11.1 Å². The van der Waals surface area contributed by atoms with Crippen molar-refractivity contribution in [3.05, 3.63) is 34.9 Å². The fourth-order valence-corrected chi connectivity index (χ4v) is 2.13. The highest BCUT2D eigenvalue weighted by atomic mass is 35.5. The van der Waals surface area contributed by atoms with Gasteiger partial charge in [0.1, 0.15) is 0 Å². The van der Waals surface area contributed by atoms with Gasteiger partial charge in [0.2, 0.25) is 0 Å². The second kappa shape index (κ2) is 5.00. The maximum atomic E-state index is 6.09. The lowest BCUT2D eigenvalue weighted by Crippen LogP contribution is -2.29. The van der Waals surface area contributed by atoms with Crippen LogP contribution in [0, 0.1) is 5.92 Å². The Balaban J connectivity index is 1.75. The van der Waals surface area contributed by atoms with Gasteiger partial charge in [-0.25, -0.2) is 0 Å². The van der Waals surface area contributed by atoms with E-state index in [9.17, 15) is 0 Å². The van der Waals surface area contributed by atoms with Crippen LogP contribution < -0.4 is 5.32 Å². The average Bonchev–Trinajstić information content (AvgIpc) is 3.04. The van der Waals surface area contributed by atoms with E-state index in [4.69, 9.17) is 11.6 Å². The maximum absolute atomic E-state index is 6.09. The summed E-state index contributed by atoms with van der Waals surface area (Å²) >= 11 is 6.09. The van der Waals surface area contributed by atoms with Crippen LogP contribution >= 0.6 is 11.6 Å². The predicted molar refractivity (Wildman–Crippen MR) is 65.3 cm³/mol. The molecular weight excluding hydrogens is 206 g/mol. The number of hydrogen-bond donors (Lipinski definition) is 1. The third-order valence-electron chi connectivity index (χ3n) is 3.15. The zero-order valence-electron chi connectivity index (χ0n) is 9.17. The number of hydrogen-bond acceptors (Lipinski definition) is 1. The minimum atomic E-state index is 0.674. The minimum absolute atomic E-state index is 0.674. The number of halogens is 1. The summed E-state index contributed by atoms with van der Waals surface area (Å²) < 4.78 is 0. The molecule has 1 N–H and O–H groups in total. The molecule has 0 aliphatic heterocycles. The SMILES string of the molecule is CC(NCCc1ccccc1Cl)C1CC1. The van der Waals surface area contributed by atoms with E-state index in [1.54, 1.807) is 0 Å². The molecule has 0 spiro atoms. The Labute approximate surface area is 96.8 Å². The van der Waals surface area contributed by atoms with Crippen LogP contribution in [0.1, 0.15) is 25.3 Å². The molecular formula is C13H18ClN. The molecule has 1 fully saturated rings. The van der Waals surface area contributed by atoms with Crippen molar-refractivity contribution in [2.24, 2.45) is 5.92 Å². The van der Waals surface area contributed by atoms with Crippen LogP contribution in [0.25, 0.3) is 0 Å². The summed E-state index contributed by atoms with van der Waals surface area (Å²) in [6.07, 6.45) is 3.83. The molecule has 1 aromatic carbocycles. The molecule has 1 nitrogen and oxygen atoms in total. The summed E-state index contributed by atoms with van der Waals surface area (Å²) in [5.74, 6) is 0.927. The first-order chi connectivity index (χ1) is 7.27. The number of nitrogens with one attached hydrogen (secondary N) is 1. The van der Waals surface area contributed by atoms with Crippen molar-refractivity contribution in [1.29, 1.82) is 0 Å². The van der Waals surface area contributed by atoms with E-state index in [1.165, 1.54) is 18.4 Å². The Morgan fingerprint density at radius 1 is 1.40 bits per heavy atom. The Morgan fingerprint density at radius 2 is 2.13 bits per heavy atom. The van der Waals surface area contributed by atoms with Gasteiger partial charge in [-0.05, 0) is 50.3 Å². The molecule has 1 aromatic rings. The fraction of sp³-hybridized carbons (Fsp3) is 0.538. The first-order valence-corrected chi connectivity index (χ1v) is 6.12. The van der Waals surface area contributed by atoms with E-state index in [0.717, 1.165) is 23.9 Å². The summed E-state index contributed by atoms with van der Waals surface area (Å²) in [6, 6.07) is 8.76. The molecule has 1 aliphatic carbocycles. The molecule has 1 atom stereocenters. The summed E-state index contributed by atoms with van der Waals surface area (Å²) in [5, 5.41) is 4.45. The highest BCUT2D eigenvalue weighted by Crippen LogP contribution is 2.32. The lowest BCUT2D eigenvalue weighted by molar-refractivity contribution is 0.500. The molecule has 0 amide bonds. The van der Waals surface area contributed by atoms with Crippen LogP contribution in [0.2, 0.25) is 5.02 Å². The lowest BCUT2D eigenvalue weighted by Gasteiger charge is -2.12. The average molecular weight is 224 g/mol. The van der Waals surface area contributed by atoms with Crippen molar-refractivity contribution in [3.63, 3.8) is 0 Å². The van der Waals surface area contributed by atoms with E-state index in [2.05, 4.69) is 18.3 Å². The van der Waals surface area contributed by atoms with Crippen molar-refractivity contribution < 1.29 is 0 Å². The van der Waals surface area contributed by atoms with Crippen LogP contribution in [0.15, 0.2) is 24.3 Å². The van der Waals surface area contributed by atoms with Crippen LogP contribution in [-0.2, 0) is 6.42 Å². The molecule has 82 valence electrons. The third kappa shape index (κ3) is 3.22. The largest absolute Gasteiger partial charge is 0.314 e. The molecule has 0 heterocycles. The first-order valence-electron chi connectivity index (χ1n) is 5.74. The molecule has 1 saturated carbocycles. The molecule has 15 heavy (non-hydrogen) atoms. The fourth-order valence-electron chi connectivity index (χ4n) is 1.90. The van der Waals surface area contributed by atoms with Gasteiger partial charge < -0.3 is 5.32 Å². The topological polar surface area (TPSA) is 12.0 Å². The van der Waals surface area contributed by atoms with Crippen LogP contribution in [-0.4, -0.2) is 12.6 Å². The van der Waals surface area contributed by atoms with Gasteiger partial charge in [0.25, 0.3) is 0 Å². The molecule has 0 saturated heterocycles. The van der Waals surface area contributed by atoms with Gasteiger partial charge in [0.05, 0.1) is 0 Å². The molecule has 1 unspecified atom stereocenters. The minimum Gasteiger partial charge on any atom is -0.314 e. The Kier molecular flexibility index (Phi) is 3.66. The van der Waals surface area contributed by atoms with Crippen LogP contribution in [0.4, 0.5) is 0 Å². The molecule has 0 bridgehead atoms. The normalized spacial score (nSPS) is 17.7. The second-order valence-electron chi connectivity index (χ2n) is 4.42. The van der Waals surface area contributed by atoms with Gasteiger partial charge in [0.15, 0.2) is 0 Å². The Morgan fingerprint density at radius 3 is 2.80 bits per heavy atom. The monoisotopic (exact) mass is 223 g/mol. The van der Waals surface area contributed by atoms with Crippen molar-refractivity contribution in [2.75, 3.05) is 6.54 Å². The van der Waals surface area contributed by atoms with E-state index in [0.29, 0.717) is 6.04 Å². The van der Waals surface area contributed by atoms with Crippen molar-refractivity contribution in [1.82, 2.24) is 5.32 Å². The van der Waals surface area contributed by atoms with Crippen molar-refractivity contribution in [2.45, 2.75) is 32.2 Å². The zero-order chi connectivity index (χ0) is 10.7. The molecule has 2 heteroatoms. The van der Waals surface area contributed by atoms with Gasteiger partial charge in [-0.2, -0.15) is 0 Å². The maximum Gasteiger partial charge on any atom is 0.0438 e. The predicted octanol–water partition coefficient (Wildman–Crippen LogP) is 3.27. The van der Waals surface area contributed by atoms with Crippen LogP contribution in [0.5, 0.6) is 0 Å². The van der Waals surface area contributed by atoms with Gasteiger partial charge in [-0.1, -0.05) is 29.8 Å². The van der Waals surface area contributed by atoms with Crippen molar-refractivity contribution in [3.8, 4) is 0 Å². The van der Waals surface area contributed by atoms with Crippen molar-refractivity contribution >= 4 is 11.6 Å². The Bertz CT molecular complexity index is 320. The van der Waals surface area contributed by atoms with E-state index in [1.807, 2.05) is 18.2 Å². The van der Waals surface area contributed by atoms with E-state index in [-0.39, 0.29) is 0 Å². The second-order valence-corrected chi connectivity index (χ2v) is 4.83. The quantitative estimate of drug-likeness (QED) is 0.808. The van der Waals surface area contributed by atoms with Crippen LogP contribution in [0.3, 0.4) is 0 Å². The van der Waals surface area contributed by atoms with Gasteiger partial charge >= 0.3 is 0 Å². The number of benzene rings is 1. The van der Waals surface area contributed by atoms with E-state index < -0.39 is 0 Å². The lowest BCUT2D eigenvalue weighted by atomic mass is 10.1. The highest BCUT2D eigenvalue weighted by molar-refractivity contribution is 6.31. The summed E-state index contributed by atoms with van der Waals surface area (Å²) in [4.78, 5) is 0. The molecule has 2 rings (SSSR count). The Hall–Kier alpha value is -0.530.